The minimum Gasteiger partial charge on any atom is -0.466 e. The Morgan fingerprint density at radius 2 is 2.16 bits per heavy atom. The number of halogens is 2. The highest BCUT2D eigenvalue weighted by Crippen LogP contribution is 2.31. The predicted molar refractivity (Wildman–Crippen MR) is 77.7 cm³/mol. The van der Waals surface area contributed by atoms with Gasteiger partial charge in [0.2, 0.25) is 0 Å². The molecule has 2 nitrogen and oxygen atoms in total. The van der Waals surface area contributed by atoms with Gasteiger partial charge in [0.15, 0.2) is 0 Å². The van der Waals surface area contributed by atoms with Crippen LogP contribution in [0.1, 0.15) is 36.3 Å². The van der Waals surface area contributed by atoms with Gasteiger partial charge in [0, 0.05) is 0 Å². The van der Waals surface area contributed by atoms with Crippen LogP contribution in [0.5, 0.6) is 0 Å². The summed E-state index contributed by atoms with van der Waals surface area (Å²) >= 11 is 3.47. The smallest absolute Gasteiger partial charge is 0.139 e. The van der Waals surface area contributed by atoms with Gasteiger partial charge in [-0.15, -0.1) is 0 Å². The van der Waals surface area contributed by atoms with Crippen LogP contribution in [0.2, 0.25) is 0 Å². The number of furan rings is 1. The Morgan fingerprint density at radius 3 is 2.79 bits per heavy atom. The van der Waals surface area contributed by atoms with E-state index in [0.29, 0.717) is 0 Å². The van der Waals surface area contributed by atoms with Crippen molar-refractivity contribution < 1.29 is 8.81 Å². The second kappa shape index (κ2) is 6.35. The first-order valence-electron chi connectivity index (χ1n) is 6.35. The van der Waals surface area contributed by atoms with E-state index in [1.54, 1.807) is 18.4 Å². The second-order valence-electron chi connectivity index (χ2n) is 4.52. The summed E-state index contributed by atoms with van der Waals surface area (Å²) in [6.07, 6.45) is 2.64. The molecule has 1 N–H and O–H groups in total. The summed E-state index contributed by atoms with van der Waals surface area (Å²) in [6, 6.07) is 6.55. The fourth-order valence-corrected chi connectivity index (χ4v) is 2.50. The first-order chi connectivity index (χ1) is 9.13. The topological polar surface area (TPSA) is 25.2 Å². The summed E-state index contributed by atoms with van der Waals surface area (Å²) in [5.74, 6) is 0.550. The summed E-state index contributed by atoms with van der Waals surface area (Å²) in [6.45, 7) is 4.92. The average Bonchev–Trinajstić information content (AvgIpc) is 2.80. The second-order valence-corrected chi connectivity index (χ2v) is 5.38. The third-order valence-electron chi connectivity index (χ3n) is 3.06. The molecule has 1 aromatic carbocycles. The van der Waals surface area contributed by atoms with E-state index in [4.69, 9.17) is 4.42 Å². The third-order valence-corrected chi connectivity index (χ3v) is 3.71. The largest absolute Gasteiger partial charge is 0.466 e. The zero-order valence-electron chi connectivity index (χ0n) is 11.0. The van der Waals surface area contributed by atoms with Crippen molar-refractivity contribution in [3.05, 3.63) is 57.7 Å². The Morgan fingerprint density at radius 1 is 1.37 bits per heavy atom. The van der Waals surface area contributed by atoms with Crippen LogP contribution in [0.3, 0.4) is 0 Å². The van der Waals surface area contributed by atoms with Crippen molar-refractivity contribution in [3.63, 3.8) is 0 Å². The van der Waals surface area contributed by atoms with Crippen LogP contribution in [0.15, 0.2) is 39.4 Å². The van der Waals surface area contributed by atoms with E-state index >= 15 is 0 Å². The van der Waals surface area contributed by atoms with Crippen molar-refractivity contribution in [3.8, 4) is 0 Å². The molecule has 0 spiro atoms. The highest BCUT2D eigenvalue weighted by Gasteiger charge is 2.21. The van der Waals surface area contributed by atoms with Gasteiger partial charge in [-0.2, -0.15) is 0 Å². The van der Waals surface area contributed by atoms with E-state index in [1.165, 1.54) is 6.07 Å². The quantitative estimate of drug-likeness (QED) is 0.870. The molecule has 0 fully saturated rings. The van der Waals surface area contributed by atoms with E-state index in [-0.39, 0.29) is 11.9 Å². The first kappa shape index (κ1) is 14.3. The van der Waals surface area contributed by atoms with Gasteiger partial charge < -0.3 is 9.73 Å². The molecule has 0 aliphatic carbocycles. The first-order valence-corrected chi connectivity index (χ1v) is 7.15. The van der Waals surface area contributed by atoms with E-state index < -0.39 is 0 Å². The molecule has 1 atom stereocenters. The lowest BCUT2D eigenvalue weighted by atomic mass is 9.99. The van der Waals surface area contributed by atoms with Gasteiger partial charge in [-0.3, -0.25) is 0 Å². The molecule has 1 aromatic heterocycles. The number of benzene rings is 1. The molecular formula is C15H17BrFNO. The van der Waals surface area contributed by atoms with Crippen LogP contribution in [0.25, 0.3) is 0 Å². The number of nitrogens with one attached hydrogen (secondary N) is 1. The Hall–Kier alpha value is -1.13. The molecule has 1 heterocycles. The minimum absolute atomic E-state index is 0.139. The maximum atomic E-state index is 13.5. The van der Waals surface area contributed by atoms with Gasteiger partial charge in [-0.1, -0.05) is 13.0 Å². The van der Waals surface area contributed by atoms with Crippen molar-refractivity contribution in [2.75, 3.05) is 6.54 Å². The van der Waals surface area contributed by atoms with Crippen molar-refractivity contribution in [1.82, 2.24) is 5.32 Å². The van der Waals surface area contributed by atoms with Gasteiger partial charge in [0.1, 0.15) is 11.6 Å². The van der Waals surface area contributed by atoms with Crippen molar-refractivity contribution in [2.24, 2.45) is 0 Å². The van der Waals surface area contributed by atoms with Gasteiger partial charge >= 0.3 is 0 Å². The summed E-state index contributed by atoms with van der Waals surface area (Å²) in [7, 11) is 0. The molecule has 102 valence electrons. The zero-order chi connectivity index (χ0) is 13.8. The lowest BCUT2D eigenvalue weighted by Crippen LogP contribution is -2.24. The van der Waals surface area contributed by atoms with Crippen LogP contribution in [0, 0.1) is 12.7 Å². The van der Waals surface area contributed by atoms with Crippen LogP contribution >= 0.6 is 15.9 Å². The summed E-state index contributed by atoms with van der Waals surface area (Å²) < 4.78 is 19.9. The minimum atomic E-state index is -0.230. The Balaban J connectivity index is 2.42. The Bertz CT molecular complexity index is 553. The molecule has 0 amide bonds. The highest BCUT2D eigenvalue weighted by molar-refractivity contribution is 9.10. The van der Waals surface area contributed by atoms with Gasteiger partial charge in [0.25, 0.3) is 0 Å². The summed E-state index contributed by atoms with van der Waals surface area (Å²) in [5, 5.41) is 3.41. The van der Waals surface area contributed by atoms with Crippen molar-refractivity contribution in [1.29, 1.82) is 0 Å². The van der Waals surface area contributed by atoms with Gasteiger partial charge in [-0.25, -0.2) is 4.39 Å². The maximum absolute atomic E-state index is 13.5. The number of hydrogen-bond donors (Lipinski definition) is 1. The molecule has 1 unspecified atom stereocenters. The molecule has 2 rings (SSSR count). The van der Waals surface area contributed by atoms with Crippen LogP contribution < -0.4 is 5.32 Å². The lowest BCUT2D eigenvalue weighted by Gasteiger charge is -2.19. The molecule has 0 saturated carbocycles. The van der Waals surface area contributed by atoms with Gasteiger partial charge in [0.05, 0.1) is 16.8 Å². The normalized spacial score (nSPS) is 12.6. The monoisotopic (exact) mass is 325 g/mol. The molecule has 4 heteroatoms. The summed E-state index contributed by atoms with van der Waals surface area (Å²) in [4.78, 5) is 0. The van der Waals surface area contributed by atoms with Crippen LogP contribution in [0.4, 0.5) is 4.39 Å². The molecule has 0 aliphatic heterocycles. The molecule has 2 aromatic rings. The molecular weight excluding hydrogens is 309 g/mol. The predicted octanol–water partition coefficient (Wildman–Crippen LogP) is 4.58. The Kier molecular flexibility index (Phi) is 4.77. The number of hydrogen-bond acceptors (Lipinski definition) is 2. The fraction of sp³-hybridized carbons (Fsp3) is 0.333. The van der Waals surface area contributed by atoms with Gasteiger partial charge in [-0.05, 0) is 65.1 Å². The molecule has 0 radical (unpaired) electrons. The standard InChI is InChI=1S/C15H17BrFNO/c1-3-7-18-14(15-13(16)6-8-19-15)12-9-11(17)5-4-10(12)2/h4-6,8-9,14,18H,3,7H2,1-2H3. The van der Waals surface area contributed by atoms with E-state index in [9.17, 15) is 4.39 Å². The third kappa shape index (κ3) is 3.25. The van der Waals surface area contributed by atoms with Crippen LogP contribution in [-0.4, -0.2) is 6.54 Å². The van der Waals surface area contributed by atoms with Crippen molar-refractivity contribution in [2.45, 2.75) is 26.3 Å². The van der Waals surface area contributed by atoms with E-state index in [1.807, 2.05) is 13.0 Å². The molecule has 19 heavy (non-hydrogen) atoms. The van der Waals surface area contributed by atoms with Crippen molar-refractivity contribution >= 4 is 15.9 Å². The maximum Gasteiger partial charge on any atom is 0.139 e. The lowest BCUT2D eigenvalue weighted by molar-refractivity contribution is 0.442. The highest BCUT2D eigenvalue weighted by atomic mass is 79.9. The Labute approximate surface area is 121 Å². The molecule has 0 saturated heterocycles. The SMILES string of the molecule is CCCNC(c1cc(F)ccc1C)c1occc1Br. The fourth-order valence-electron chi connectivity index (χ4n) is 2.07. The van der Waals surface area contributed by atoms with Crippen LogP contribution in [-0.2, 0) is 0 Å². The zero-order valence-corrected chi connectivity index (χ0v) is 12.6. The summed E-state index contributed by atoms with van der Waals surface area (Å²) in [5.41, 5.74) is 1.95. The number of aryl methyl sites for hydroxylation is 1. The molecule has 0 aliphatic rings. The van der Waals surface area contributed by atoms with E-state index in [2.05, 4.69) is 28.2 Å². The van der Waals surface area contributed by atoms with E-state index in [0.717, 1.165) is 34.3 Å². The number of rotatable bonds is 5. The molecule has 0 bridgehead atoms. The average molecular weight is 326 g/mol.